The topological polar surface area (TPSA) is 54.4 Å². The number of carboxylic acids is 1. The lowest BCUT2D eigenvalue weighted by Gasteiger charge is -2.10. The fraction of sp³-hybridized carbons (Fsp3) is 0.333. The number of rotatable bonds is 5. The second-order valence-corrected chi connectivity index (χ2v) is 4.87. The van der Waals surface area contributed by atoms with Crippen molar-refractivity contribution in [3.63, 3.8) is 0 Å². The average Bonchev–Trinajstić information content (AvgIpc) is 2.26. The van der Waals surface area contributed by atoms with Gasteiger partial charge >= 0.3 is 5.97 Å². The van der Waals surface area contributed by atoms with E-state index in [1.54, 1.807) is 12.1 Å². The van der Waals surface area contributed by atoms with E-state index in [2.05, 4.69) is 0 Å². The first-order chi connectivity index (χ1) is 7.99. The molecule has 0 spiro atoms. The minimum atomic E-state index is -0.942. The van der Waals surface area contributed by atoms with Crippen molar-refractivity contribution in [1.29, 1.82) is 0 Å². The highest BCUT2D eigenvalue weighted by Gasteiger charge is 2.18. The van der Waals surface area contributed by atoms with E-state index in [-0.39, 0.29) is 16.7 Å². The molecule has 17 heavy (non-hydrogen) atoms. The van der Waals surface area contributed by atoms with Crippen LogP contribution in [0.2, 0.25) is 0 Å². The molecule has 0 bridgehead atoms. The van der Waals surface area contributed by atoms with E-state index < -0.39 is 11.9 Å². The maximum Gasteiger partial charge on any atom is 0.307 e. The van der Waals surface area contributed by atoms with Crippen LogP contribution in [0.1, 0.15) is 12.5 Å². The summed E-state index contributed by atoms with van der Waals surface area (Å²) in [5.74, 6) is -1.68. The summed E-state index contributed by atoms with van der Waals surface area (Å²) >= 11 is 0.996. The normalized spacial score (nSPS) is 12.1. The van der Waals surface area contributed by atoms with Crippen LogP contribution >= 0.6 is 11.8 Å². The molecule has 3 nitrogen and oxygen atoms in total. The Hall–Kier alpha value is -1.36. The molecule has 1 unspecified atom stereocenters. The van der Waals surface area contributed by atoms with Gasteiger partial charge in [0, 0.05) is 12.7 Å². The van der Waals surface area contributed by atoms with E-state index in [4.69, 9.17) is 5.11 Å². The Morgan fingerprint density at radius 1 is 1.35 bits per heavy atom. The second-order valence-electron chi connectivity index (χ2n) is 3.67. The van der Waals surface area contributed by atoms with Crippen molar-refractivity contribution in [3.05, 3.63) is 35.6 Å². The van der Waals surface area contributed by atoms with E-state index in [1.165, 1.54) is 19.1 Å². The van der Waals surface area contributed by atoms with Gasteiger partial charge in [0.2, 0.25) is 0 Å². The average molecular weight is 256 g/mol. The minimum Gasteiger partial charge on any atom is -0.481 e. The van der Waals surface area contributed by atoms with Gasteiger partial charge in [0.05, 0.1) is 5.92 Å². The number of carbonyl (C=O) groups is 2. The van der Waals surface area contributed by atoms with Crippen LogP contribution in [-0.4, -0.2) is 21.9 Å². The lowest BCUT2D eigenvalue weighted by molar-refractivity contribution is -0.140. The van der Waals surface area contributed by atoms with Gasteiger partial charge in [0.1, 0.15) is 5.82 Å². The zero-order valence-electron chi connectivity index (χ0n) is 9.35. The highest BCUT2D eigenvalue weighted by Crippen LogP contribution is 2.16. The Balaban J connectivity index is 2.63. The predicted molar refractivity (Wildman–Crippen MR) is 64.4 cm³/mol. The van der Waals surface area contributed by atoms with Crippen molar-refractivity contribution >= 4 is 22.8 Å². The minimum absolute atomic E-state index is 0.102. The van der Waals surface area contributed by atoms with Crippen LogP contribution in [0, 0.1) is 11.7 Å². The quantitative estimate of drug-likeness (QED) is 0.878. The number of benzene rings is 1. The first-order valence-corrected chi connectivity index (χ1v) is 6.08. The largest absolute Gasteiger partial charge is 0.481 e. The molecule has 0 aromatic heterocycles. The van der Waals surface area contributed by atoms with Crippen molar-refractivity contribution in [2.75, 3.05) is 5.75 Å². The summed E-state index contributed by atoms with van der Waals surface area (Å²) in [6.07, 6.45) is 0.301. The van der Waals surface area contributed by atoms with E-state index >= 15 is 0 Å². The summed E-state index contributed by atoms with van der Waals surface area (Å²) in [7, 11) is 0. The molecule has 0 saturated heterocycles. The van der Waals surface area contributed by atoms with Crippen LogP contribution in [0.4, 0.5) is 4.39 Å². The second kappa shape index (κ2) is 6.39. The maximum absolute atomic E-state index is 12.7. The van der Waals surface area contributed by atoms with E-state index in [0.29, 0.717) is 6.42 Å². The van der Waals surface area contributed by atoms with Gasteiger partial charge in [-0.2, -0.15) is 0 Å². The third-order valence-corrected chi connectivity index (χ3v) is 3.21. The molecule has 1 atom stereocenters. The molecule has 0 heterocycles. The van der Waals surface area contributed by atoms with Crippen LogP contribution < -0.4 is 0 Å². The van der Waals surface area contributed by atoms with E-state index in [0.717, 1.165) is 17.3 Å². The zero-order valence-corrected chi connectivity index (χ0v) is 10.2. The molecule has 1 N–H and O–H groups in total. The van der Waals surface area contributed by atoms with Crippen molar-refractivity contribution in [2.24, 2.45) is 5.92 Å². The predicted octanol–water partition coefficient (Wildman–Crippen LogP) is 2.35. The van der Waals surface area contributed by atoms with Gasteiger partial charge in [-0.05, 0) is 24.1 Å². The zero-order chi connectivity index (χ0) is 12.8. The monoisotopic (exact) mass is 256 g/mol. The summed E-state index contributed by atoms with van der Waals surface area (Å²) in [5, 5.41) is 8.90. The molecule has 0 radical (unpaired) electrons. The molecular weight excluding hydrogens is 243 g/mol. The molecule has 0 aliphatic heterocycles. The van der Waals surface area contributed by atoms with E-state index in [1.807, 2.05) is 0 Å². The third kappa shape index (κ3) is 4.99. The van der Waals surface area contributed by atoms with Gasteiger partial charge in [-0.15, -0.1) is 0 Å². The summed E-state index contributed by atoms with van der Waals surface area (Å²) in [6.45, 7) is 1.40. The van der Waals surface area contributed by atoms with Crippen LogP contribution in [-0.2, 0) is 16.0 Å². The molecule has 5 heteroatoms. The van der Waals surface area contributed by atoms with Crippen molar-refractivity contribution < 1.29 is 19.1 Å². The SMILES string of the molecule is CC(=O)SCC(Cc1ccc(F)cc1)C(=O)O. The molecule has 92 valence electrons. The maximum atomic E-state index is 12.7. The number of thioether (sulfide) groups is 1. The van der Waals surface area contributed by atoms with Crippen LogP contribution in [0.15, 0.2) is 24.3 Å². The number of hydrogen-bond acceptors (Lipinski definition) is 3. The first-order valence-electron chi connectivity index (χ1n) is 5.09. The summed E-state index contributed by atoms with van der Waals surface area (Å²) in [6, 6.07) is 5.71. The van der Waals surface area contributed by atoms with Crippen molar-refractivity contribution in [2.45, 2.75) is 13.3 Å². The molecule has 0 aliphatic rings. The third-order valence-electron chi connectivity index (χ3n) is 2.23. The molecular formula is C12H13FO3S. The standard InChI is InChI=1S/C12H13FO3S/c1-8(14)17-7-10(12(15)16)6-9-2-4-11(13)5-3-9/h2-5,10H,6-7H2,1H3,(H,15,16). The number of aliphatic carboxylic acids is 1. The Labute approximate surface area is 103 Å². The molecule has 0 amide bonds. The smallest absolute Gasteiger partial charge is 0.307 e. The van der Waals surface area contributed by atoms with Gasteiger partial charge in [-0.25, -0.2) is 4.39 Å². The number of hydrogen-bond donors (Lipinski definition) is 1. The van der Waals surface area contributed by atoms with Crippen molar-refractivity contribution in [3.8, 4) is 0 Å². The molecule has 1 aromatic carbocycles. The summed E-state index contributed by atoms with van der Waals surface area (Å²) in [4.78, 5) is 21.8. The molecule has 0 aliphatic carbocycles. The molecule has 0 fully saturated rings. The summed E-state index contributed by atoms with van der Waals surface area (Å²) < 4.78 is 12.7. The summed E-state index contributed by atoms with van der Waals surface area (Å²) in [5.41, 5.74) is 0.753. The lowest BCUT2D eigenvalue weighted by atomic mass is 10.0. The van der Waals surface area contributed by atoms with Crippen LogP contribution in [0.3, 0.4) is 0 Å². The number of carbonyl (C=O) groups excluding carboxylic acids is 1. The molecule has 1 rings (SSSR count). The highest BCUT2D eigenvalue weighted by atomic mass is 32.2. The Morgan fingerprint density at radius 2 is 1.94 bits per heavy atom. The Kier molecular flexibility index (Phi) is 5.15. The van der Waals surface area contributed by atoms with Gasteiger partial charge in [0.15, 0.2) is 5.12 Å². The lowest BCUT2D eigenvalue weighted by Crippen LogP contribution is -2.19. The highest BCUT2D eigenvalue weighted by molar-refractivity contribution is 8.13. The Bertz CT molecular complexity index is 403. The van der Waals surface area contributed by atoms with Crippen LogP contribution in [0.5, 0.6) is 0 Å². The fourth-order valence-corrected chi connectivity index (χ4v) is 2.04. The fourth-order valence-electron chi connectivity index (χ4n) is 1.34. The molecule has 1 aromatic rings. The van der Waals surface area contributed by atoms with Gasteiger partial charge in [-0.1, -0.05) is 23.9 Å². The van der Waals surface area contributed by atoms with E-state index in [9.17, 15) is 14.0 Å². The Morgan fingerprint density at radius 3 is 2.41 bits per heavy atom. The van der Waals surface area contributed by atoms with Gasteiger partial charge < -0.3 is 5.11 Å². The van der Waals surface area contributed by atoms with Crippen molar-refractivity contribution in [1.82, 2.24) is 0 Å². The van der Waals surface area contributed by atoms with Gasteiger partial charge in [0.25, 0.3) is 0 Å². The van der Waals surface area contributed by atoms with Crippen LogP contribution in [0.25, 0.3) is 0 Å². The number of carboxylic acid groups (broad SMARTS) is 1. The number of halogens is 1. The first kappa shape index (κ1) is 13.7. The molecule has 0 saturated carbocycles. The van der Waals surface area contributed by atoms with Gasteiger partial charge in [-0.3, -0.25) is 9.59 Å².